The highest BCUT2D eigenvalue weighted by atomic mass is 16.3. The first-order valence-corrected chi connectivity index (χ1v) is 6.68. The van der Waals surface area contributed by atoms with Crippen LogP contribution in [0.25, 0.3) is 0 Å². The fourth-order valence-electron chi connectivity index (χ4n) is 2.35. The van der Waals surface area contributed by atoms with Crippen molar-refractivity contribution in [2.75, 3.05) is 26.2 Å². The number of furan rings is 1. The summed E-state index contributed by atoms with van der Waals surface area (Å²) in [6.07, 6.45) is 3.56. The number of nitrogens with one attached hydrogen (secondary N) is 1. The number of Topliss-reactive ketones (excluding diaryl/α,β-unsaturated/α-hetero) is 1. The molecule has 0 spiro atoms. The Balaban J connectivity index is 1.71. The largest absolute Gasteiger partial charge is 0.461 e. The van der Waals surface area contributed by atoms with Crippen LogP contribution in [0.2, 0.25) is 0 Å². The summed E-state index contributed by atoms with van der Waals surface area (Å²) in [6.45, 7) is 4.50. The minimum Gasteiger partial charge on any atom is -0.461 e. The number of piperidine rings is 1. The molecule has 1 aliphatic heterocycles. The minimum atomic E-state index is 0.0235. The van der Waals surface area contributed by atoms with Crippen molar-refractivity contribution in [3.8, 4) is 0 Å². The zero-order chi connectivity index (χ0) is 13.7. The molecule has 2 rings (SSSR count). The van der Waals surface area contributed by atoms with E-state index in [0.717, 1.165) is 32.5 Å². The molecule has 0 saturated carbocycles. The average Bonchev–Trinajstić information content (AvgIpc) is 2.92. The molecule has 0 aliphatic carbocycles. The maximum absolute atomic E-state index is 11.9. The Hall–Kier alpha value is -1.62. The molecular formula is C14H20N2O3. The van der Waals surface area contributed by atoms with Crippen LogP contribution in [0.5, 0.6) is 0 Å². The van der Waals surface area contributed by atoms with Crippen LogP contribution in [0.3, 0.4) is 0 Å². The lowest BCUT2D eigenvalue weighted by atomic mass is 9.96. The van der Waals surface area contributed by atoms with E-state index in [2.05, 4.69) is 10.2 Å². The van der Waals surface area contributed by atoms with E-state index in [-0.39, 0.29) is 11.7 Å². The zero-order valence-electron chi connectivity index (χ0n) is 11.2. The summed E-state index contributed by atoms with van der Waals surface area (Å²) in [5.74, 6) is 1.01. The topological polar surface area (TPSA) is 62.6 Å². The molecule has 0 aromatic carbocycles. The molecule has 1 saturated heterocycles. The second-order valence-corrected chi connectivity index (χ2v) is 5.06. The number of hydrogen-bond acceptors (Lipinski definition) is 4. The molecule has 5 heteroatoms. The van der Waals surface area contributed by atoms with Crippen LogP contribution in [0.15, 0.2) is 22.8 Å². The molecule has 19 heavy (non-hydrogen) atoms. The number of carbonyl (C=O) groups excluding carboxylic acids is 2. The molecule has 0 unspecified atom stereocenters. The molecule has 5 nitrogen and oxygen atoms in total. The fourth-order valence-corrected chi connectivity index (χ4v) is 2.35. The maximum atomic E-state index is 11.9. The number of nitrogens with zero attached hydrogens (tertiary/aromatic N) is 1. The average molecular weight is 264 g/mol. The van der Waals surface area contributed by atoms with Gasteiger partial charge in [-0.3, -0.25) is 14.5 Å². The normalized spacial score (nSPS) is 17.3. The smallest absolute Gasteiger partial charge is 0.216 e. The van der Waals surface area contributed by atoms with Crippen LogP contribution in [-0.4, -0.2) is 42.8 Å². The Morgan fingerprint density at radius 1 is 1.42 bits per heavy atom. The van der Waals surface area contributed by atoms with E-state index in [4.69, 9.17) is 4.42 Å². The molecule has 2 heterocycles. The Labute approximate surface area is 113 Å². The second kappa shape index (κ2) is 6.52. The molecule has 1 fully saturated rings. The van der Waals surface area contributed by atoms with Crippen LogP contribution in [0.1, 0.15) is 30.3 Å². The Morgan fingerprint density at radius 3 is 2.74 bits per heavy atom. The standard InChI is InChI=1S/C14H20N2O3/c1-11(17)15-9-12-4-6-16(7-5-12)10-13(18)14-3-2-8-19-14/h2-3,8,12H,4-7,9-10H2,1H3,(H,15,17). The molecule has 0 radical (unpaired) electrons. The number of rotatable bonds is 5. The highest BCUT2D eigenvalue weighted by Gasteiger charge is 2.22. The SMILES string of the molecule is CC(=O)NCC1CCN(CC(=O)c2ccco2)CC1. The van der Waals surface area contributed by atoms with E-state index >= 15 is 0 Å². The second-order valence-electron chi connectivity index (χ2n) is 5.06. The predicted molar refractivity (Wildman–Crippen MR) is 70.9 cm³/mol. The van der Waals surface area contributed by atoms with E-state index in [1.54, 1.807) is 12.1 Å². The van der Waals surface area contributed by atoms with Gasteiger partial charge in [0.05, 0.1) is 12.8 Å². The van der Waals surface area contributed by atoms with Gasteiger partial charge in [-0.2, -0.15) is 0 Å². The molecular weight excluding hydrogens is 244 g/mol. The van der Waals surface area contributed by atoms with Crippen LogP contribution < -0.4 is 5.32 Å². The summed E-state index contributed by atoms with van der Waals surface area (Å²) < 4.78 is 5.10. The summed E-state index contributed by atoms with van der Waals surface area (Å²) in [6, 6.07) is 3.43. The van der Waals surface area contributed by atoms with E-state index in [0.29, 0.717) is 18.2 Å². The van der Waals surface area contributed by atoms with Gasteiger partial charge in [-0.1, -0.05) is 0 Å². The Bertz CT molecular complexity index is 420. The third kappa shape index (κ3) is 4.21. The lowest BCUT2D eigenvalue weighted by Crippen LogP contribution is -2.40. The lowest BCUT2D eigenvalue weighted by Gasteiger charge is -2.31. The predicted octanol–water partition coefficient (Wildman–Crippen LogP) is 1.31. The van der Waals surface area contributed by atoms with Crippen LogP contribution in [0, 0.1) is 5.92 Å². The fraction of sp³-hybridized carbons (Fsp3) is 0.571. The van der Waals surface area contributed by atoms with E-state index in [9.17, 15) is 9.59 Å². The summed E-state index contributed by atoms with van der Waals surface area (Å²) >= 11 is 0. The maximum Gasteiger partial charge on any atom is 0.216 e. The molecule has 0 bridgehead atoms. The van der Waals surface area contributed by atoms with Crippen molar-refractivity contribution in [3.63, 3.8) is 0 Å². The summed E-state index contributed by atoms with van der Waals surface area (Å²) in [4.78, 5) is 24.9. The molecule has 1 amide bonds. The van der Waals surface area contributed by atoms with Gasteiger partial charge in [-0.25, -0.2) is 0 Å². The summed E-state index contributed by atoms with van der Waals surface area (Å²) in [5, 5.41) is 2.85. The number of likely N-dealkylation sites (tertiary alicyclic amines) is 1. The van der Waals surface area contributed by atoms with Crippen LogP contribution in [0.4, 0.5) is 0 Å². The van der Waals surface area contributed by atoms with E-state index in [1.807, 2.05) is 0 Å². The van der Waals surface area contributed by atoms with Gasteiger partial charge in [0.2, 0.25) is 11.7 Å². The zero-order valence-corrected chi connectivity index (χ0v) is 11.2. The van der Waals surface area contributed by atoms with E-state index < -0.39 is 0 Å². The highest BCUT2D eigenvalue weighted by Crippen LogP contribution is 2.16. The van der Waals surface area contributed by atoms with Crippen molar-refractivity contribution in [1.82, 2.24) is 10.2 Å². The Morgan fingerprint density at radius 2 is 2.16 bits per heavy atom. The van der Waals surface area contributed by atoms with Gasteiger partial charge in [0.25, 0.3) is 0 Å². The number of ketones is 1. The van der Waals surface area contributed by atoms with Crippen molar-refractivity contribution >= 4 is 11.7 Å². The van der Waals surface area contributed by atoms with Crippen LogP contribution >= 0.6 is 0 Å². The van der Waals surface area contributed by atoms with Gasteiger partial charge >= 0.3 is 0 Å². The quantitative estimate of drug-likeness (QED) is 0.814. The van der Waals surface area contributed by atoms with Crippen molar-refractivity contribution in [2.45, 2.75) is 19.8 Å². The molecule has 0 atom stereocenters. The molecule has 1 aromatic heterocycles. The number of amides is 1. The Kier molecular flexibility index (Phi) is 4.74. The van der Waals surface area contributed by atoms with Gasteiger partial charge in [0, 0.05) is 13.5 Å². The third-order valence-electron chi connectivity index (χ3n) is 3.51. The molecule has 1 aliphatic rings. The van der Waals surface area contributed by atoms with E-state index in [1.165, 1.54) is 13.2 Å². The van der Waals surface area contributed by atoms with Gasteiger partial charge in [-0.15, -0.1) is 0 Å². The van der Waals surface area contributed by atoms with Crippen molar-refractivity contribution < 1.29 is 14.0 Å². The van der Waals surface area contributed by atoms with Gasteiger partial charge in [0.1, 0.15) is 0 Å². The monoisotopic (exact) mass is 264 g/mol. The molecule has 1 aromatic rings. The summed E-state index contributed by atoms with van der Waals surface area (Å²) in [7, 11) is 0. The first-order chi connectivity index (χ1) is 9.15. The minimum absolute atomic E-state index is 0.0235. The molecule has 104 valence electrons. The van der Waals surface area contributed by atoms with Crippen LogP contribution in [-0.2, 0) is 4.79 Å². The number of hydrogen-bond donors (Lipinski definition) is 1. The third-order valence-corrected chi connectivity index (χ3v) is 3.51. The number of carbonyl (C=O) groups is 2. The highest BCUT2D eigenvalue weighted by molar-refractivity contribution is 5.94. The van der Waals surface area contributed by atoms with Gasteiger partial charge < -0.3 is 9.73 Å². The lowest BCUT2D eigenvalue weighted by molar-refractivity contribution is -0.119. The summed E-state index contributed by atoms with van der Waals surface area (Å²) in [5.41, 5.74) is 0. The van der Waals surface area contributed by atoms with Gasteiger partial charge in [-0.05, 0) is 44.0 Å². The van der Waals surface area contributed by atoms with Crippen molar-refractivity contribution in [2.24, 2.45) is 5.92 Å². The molecule has 1 N–H and O–H groups in total. The van der Waals surface area contributed by atoms with Crippen molar-refractivity contribution in [1.29, 1.82) is 0 Å². The first kappa shape index (κ1) is 13.8. The first-order valence-electron chi connectivity index (χ1n) is 6.68. The van der Waals surface area contributed by atoms with Crippen molar-refractivity contribution in [3.05, 3.63) is 24.2 Å². The van der Waals surface area contributed by atoms with Gasteiger partial charge in [0.15, 0.2) is 5.76 Å².